The summed E-state index contributed by atoms with van der Waals surface area (Å²) in [6.07, 6.45) is 2.24. The quantitative estimate of drug-likeness (QED) is 0.492. The van der Waals surface area contributed by atoms with Gasteiger partial charge in [-0.3, -0.25) is 14.9 Å². The van der Waals surface area contributed by atoms with Crippen LogP contribution in [-0.4, -0.2) is 29.4 Å². The molecule has 1 amide bonds. The monoisotopic (exact) mass is 348 g/mol. The van der Waals surface area contributed by atoms with E-state index < -0.39 is 10.9 Å². The second kappa shape index (κ2) is 6.56. The summed E-state index contributed by atoms with van der Waals surface area (Å²) in [4.78, 5) is 34.4. The minimum absolute atomic E-state index is 0.0336. The largest absolute Gasteiger partial charge is 0.451 e. The van der Waals surface area contributed by atoms with Crippen LogP contribution in [0.25, 0.3) is 10.1 Å². The van der Waals surface area contributed by atoms with E-state index in [2.05, 4.69) is 5.32 Å². The van der Waals surface area contributed by atoms with Gasteiger partial charge in [0, 0.05) is 28.3 Å². The summed E-state index contributed by atoms with van der Waals surface area (Å²) in [6.45, 7) is 1.61. The molecular formula is C16H16N2O5S. The maximum Gasteiger partial charge on any atom is 0.348 e. The first-order valence-electron chi connectivity index (χ1n) is 7.58. The molecular weight excluding hydrogens is 332 g/mol. The SMILES string of the molecule is C[C@H](NC(=O)COC(=O)c1cc2cc([N+](=O)[O-])ccc2s1)C1CC1. The number of hydrogen-bond acceptors (Lipinski definition) is 6. The molecule has 0 spiro atoms. The van der Waals surface area contributed by atoms with Crippen LogP contribution in [0.15, 0.2) is 24.3 Å². The molecule has 0 saturated heterocycles. The number of carbonyl (C=O) groups is 2. The number of rotatable bonds is 6. The lowest BCUT2D eigenvalue weighted by molar-refractivity contribution is -0.384. The molecule has 1 aromatic carbocycles. The third-order valence-corrected chi connectivity index (χ3v) is 5.06. The Bertz CT molecular complexity index is 812. The van der Waals surface area contributed by atoms with Gasteiger partial charge in [-0.05, 0) is 37.8 Å². The van der Waals surface area contributed by atoms with Crippen LogP contribution in [0.5, 0.6) is 0 Å². The van der Waals surface area contributed by atoms with E-state index in [1.165, 1.54) is 23.5 Å². The third kappa shape index (κ3) is 3.70. The van der Waals surface area contributed by atoms with Gasteiger partial charge in [0.05, 0.1) is 4.92 Å². The lowest BCUT2D eigenvalue weighted by atomic mass is 10.2. The molecule has 2 aromatic rings. The molecule has 7 nitrogen and oxygen atoms in total. The zero-order valence-electron chi connectivity index (χ0n) is 13.0. The van der Waals surface area contributed by atoms with Crippen molar-refractivity contribution in [1.29, 1.82) is 0 Å². The van der Waals surface area contributed by atoms with Crippen LogP contribution in [-0.2, 0) is 9.53 Å². The zero-order chi connectivity index (χ0) is 17.3. The molecule has 1 aliphatic carbocycles. The zero-order valence-corrected chi connectivity index (χ0v) is 13.8. The van der Waals surface area contributed by atoms with E-state index in [4.69, 9.17) is 4.74 Å². The van der Waals surface area contributed by atoms with Crippen molar-refractivity contribution in [2.45, 2.75) is 25.8 Å². The molecule has 1 atom stereocenters. The summed E-state index contributed by atoms with van der Waals surface area (Å²) < 4.78 is 5.77. The number of thiophene rings is 1. The van der Waals surface area contributed by atoms with E-state index in [-0.39, 0.29) is 24.2 Å². The van der Waals surface area contributed by atoms with Gasteiger partial charge < -0.3 is 10.1 Å². The van der Waals surface area contributed by atoms with Crippen molar-refractivity contribution >= 4 is 39.0 Å². The number of benzene rings is 1. The van der Waals surface area contributed by atoms with E-state index in [0.29, 0.717) is 16.2 Å². The van der Waals surface area contributed by atoms with E-state index in [9.17, 15) is 19.7 Å². The summed E-state index contributed by atoms with van der Waals surface area (Å²) in [5, 5.41) is 14.2. The number of ether oxygens (including phenoxy) is 1. The Labute approximate surface area is 141 Å². The Balaban J connectivity index is 1.61. The molecule has 0 bridgehead atoms. The van der Waals surface area contributed by atoms with Gasteiger partial charge in [0.2, 0.25) is 0 Å². The summed E-state index contributed by atoms with van der Waals surface area (Å²) in [5.41, 5.74) is -0.0336. The molecule has 1 heterocycles. The highest BCUT2D eigenvalue weighted by atomic mass is 32.1. The predicted octanol–water partition coefficient (Wildman–Crippen LogP) is 2.88. The van der Waals surface area contributed by atoms with Crippen LogP contribution in [0, 0.1) is 16.0 Å². The molecule has 1 N–H and O–H groups in total. The molecule has 126 valence electrons. The first-order valence-corrected chi connectivity index (χ1v) is 8.40. The van der Waals surface area contributed by atoms with Crippen LogP contribution in [0.3, 0.4) is 0 Å². The van der Waals surface area contributed by atoms with Gasteiger partial charge in [0.15, 0.2) is 6.61 Å². The fourth-order valence-corrected chi connectivity index (χ4v) is 3.39. The van der Waals surface area contributed by atoms with Gasteiger partial charge in [0.1, 0.15) is 4.88 Å². The number of carbonyl (C=O) groups excluding carboxylic acids is 2. The Morgan fingerprint density at radius 1 is 1.42 bits per heavy atom. The lowest BCUT2D eigenvalue weighted by Crippen LogP contribution is -2.37. The van der Waals surface area contributed by atoms with Gasteiger partial charge >= 0.3 is 5.97 Å². The topological polar surface area (TPSA) is 98.5 Å². The molecule has 1 aliphatic rings. The highest BCUT2D eigenvalue weighted by molar-refractivity contribution is 7.20. The van der Waals surface area contributed by atoms with Gasteiger partial charge in [-0.15, -0.1) is 11.3 Å². The van der Waals surface area contributed by atoms with Gasteiger partial charge in [-0.25, -0.2) is 4.79 Å². The van der Waals surface area contributed by atoms with E-state index in [1.807, 2.05) is 6.92 Å². The second-order valence-electron chi connectivity index (χ2n) is 5.86. The average Bonchev–Trinajstić information content (AvgIpc) is 3.31. The van der Waals surface area contributed by atoms with Crippen LogP contribution < -0.4 is 5.32 Å². The highest BCUT2D eigenvalue weighted by Gasteiger charge is 2.29. The fraction of sp³-hybridized carbons (Fsp3) is 0.375. The van der Waals surface area contributed by atoms with Crippen LogP contribution in [0.2, 0.25) is 0 Å². The molecule has 1 saturated carbocycles. The number of non-ortho nitro benzene ring substituents is 1. The second-order valence-corrected chi connectivity index (χ2v) is 6.94. The van der Waals surface area contributed by atoms with Crippen LogP contribution in [0.1, 0.15) is 29.4 Å². The molecule has 1 aromatic heterocycles. The van der Waals surface area contributed by atoms with Gasteiger partial charge in [0.25, 0.3) is 11.6 Å². The molecule has 24 heavy (non-hydrogen) atoms. The van der Waals surface area contributed by atoms with Gasteiger partial charge in [-0.1, -0.05) is 0 Å². The Kier molecular flexibility index (Phi) is 4.48. The number of amides is 1. The normalized spacial score (nSPS) is 15.0. The van der Waals surface area contributed by atoms with Crippen molar-refractivity contribution in [1.82, 2.24) is 5.32 Å². The maximum atomic E-state index is 12.0. The number of nitrogens with one attached hydrogen (secondary N) is 1. The van der Waals surface area contributed by atoms with E-state index >= 15 is 0 Å². The smallest absolute Gasteiger partial charge is 0.348 e. The van der Waals surface area contributed by atoms with Crippen molar-refractivity contribution < 1.29 is 19.2 Å². The number of fused-ring (bicyclic) bond motifs is 1. The predicted molar refractivity (Wildman–Crippen MR) is 89.1 cm³/mol. The summed E-state index contributed by atoms with van der Waals surface area (Å²) >= 11 is 1.18. The van der Waals surface area contributed by atoms with Crippen molar-refractivity contribution in [3.63, 3.8) is 0 Å². The minimum atomic E-state index is -0.604. The van der Waals surface area contributed by atoms with Crippen molar-refractivity contribution in [2.75, 3.05) is 6.61 Å². The fourth-order valence-electron chi connectivity index (χ4n) is 2.46. The Hall–Kier alpha value is -2.48. The maximum absolute atomic E-state index is 12.0. The van der Waals surface area contributed by atoms with Crippen LogP contribution in [0.4, 0.5) is 5.69 Å². The van der Waals surface area contributed by atoms with Gasteiger partial charge in [-0.2, -0.15) is 0 Å². The van der Waals surface area contributed by atoms with Crippen molar-refractivity contribution in [2.24, 2.45) is 5.92 Å². The molecule has 0 aliphatic heterocycles. The molecule has 3 rings (SSSR count). The first kappa shape index (κ1) is 16.4. The molecule has 0 unspecified atom stereocenters. The van der Waals surface area contributed by atoms with E-state index in [0.717, 1.165) is 17.5 Å². The number of hydrogen-bond donors (Lipinski definition) is 1. The molecule has 0 radical (unpaired) electrons. The van der Waals surface area contributed by atoms with Crippen molar-refractivity contribution in [3.8, 4) is 0 Å². The lowest BCUT2D eigenvalue weighted by Gasteiger charge is -2.12. The third-order valence-electron chi connectivity index (χ3n) is 3.96. The number of nitro benzene ring substituents is 1. The number of nitro groups is 1. The summed E-state index contributed by atoms with van der Waals surface area (Å²) in [6, 6.07) is 6.04. The highest BCUT2D eigenvalue weighted by Crippen LogP contribution is 2.32. The van der Waals surface area contributed by atoms with E-state index in [1.54, 1.807) is 12.1 Å². The summed E-state index contributed by atoms with van der Waals surface area (Å²) in [5.74, 6) is -0.393. The summed E-state index contributed by atoms with van der Waals surface area (Å²) in [7, 11) is 0. The van der Waals surface area contributed by atoms with Crippen LogP contribution >= 0.6 is 11.3 Å². The standard InChI is InChI=1S/C16H16N2O5S/c1-9(10-2-3-10)17-15(19)8-23-16(20)14-7-11-6-12(18(21)22)4-5-13(11)24-14/h4-7,9-10H,2-3,8H2,1H3,(H,17,19)/t9-/m0/s1. The first-order chi connectivity index (χ1) is 11.4. The molecule has 8 heteroatoms. The van der Waals surface area contributed by atoms with Crippen molar-refractivity contribution in [3.05, 3.63) is 39.3 Å². The molecule has 1 fully saturated rings. The Morgan fingerprint density at radius 2 is 2.17 bits per heavy atom. The number of esters is 1. The number of nitrogens with zero attached hydrogens (tertiary/aromatic N) is 1. The minimum Gasteiger partial charge on any atom is -0.451 e. The average molecular weight is 348 g/mol. The Morgan fingerprint density at radius 3 is 2.83 bits per heavy atom.